The molecule has 2 N–H and O–H groups in total. The van der Waals surface area contributed by atoms with E-state index < -0.39 is 0 Å². The lowest BCUT2D eigenvalue weighted by molar-refractivity contribution is -0.129. The van der Waals surface area contributed by atoms with Gasteiger partial charge in [-0.3, -0.25) is 10.0 Å². The van der Waals surface area contributed by atoms with Crippen molar-refractivity contribution in [2.45, 2.75) is 12.8 Å². The molecule has 1 aromatic rings. The second-order valence-electron chi connectivity index (χ2n) is 2.01. The highest BCUT2D eigenvalue weighted by atomic mass is 32.1. The Bertz CT molecular complexity index is 222. The largest absolute Gasteiger partial charge is 0.289 e. The van der Waals surface area contributed by atoms with Gasteiger partial charge in [0.25, 0.3) is 0 Å². The highest BCUT2D eigenvalue weighted by Gasteiger charge is 2.00. The molecule has 0 fully saturated rings. The maximum atomic E-state index is 10.5. The number of carbonyl (C=O) groups is 1. The zero-order valence-electron chi connectivity index (χ0n) is 5.78. The zero-order valence-corrected chi connectivity index (χ0v) is 6.60. The number of carbonyl (C=O) groups excluding carboxylic acids is 1. The summed E-state index contributed by atoms with van der Waals surface area (Å²) >= 11 is 1.49. The maximum absolute atomic E-state index is 10.5. The van der Waals surface area contributed by atoms with Gasteiger partial charge in [0.1, 0.15) is 0 Å². The van der Waals surface area contributed by atoms with Crippen molar-refractivity contribution < 1.29 is 10.0 Å². The van der Waals surface area contributed by atoms with Gasteiger partial charge < -0.3 is 0 Å². The van der Waals surface area contributed by atoms with Gasteiger partial charge in [-0.05, 0) is 6.42 Å². The van der Waals surface area contributed by atoms with Gasteiger partial charge in [-0.25, -0.2) is 10.5 Å². The summed E-state index contributed by atoms with van der Waals surface area (Å²) in [4.78, 5) is 14.5. The number of rotatable bonds is 3. The van der Waals surface area contributed by atoms with E-state index in [9.17, 15) is 4.79 Å². The summed E-state index contributed by atoms with van der Waals surface area (Å²) in [6.45, 7) is 0. The molecule has 1 amide bonds. The SMILES string of the molecule is O=C(CCc1cscn1)NO. The van der Waals surface area contributed by atoms with E-state index in [-0.39, 0.29) is 12.3 Å². The van der Waals surface area contributed by atoms with Gasteiger partial charge in [-0.15, -0.1) is 11.3 Å². The van der Waals surface area contributed by atoms with Crippen LogP contribution < -0.4 is 5.48 Å². The molecule has 0 aromatic carbocycles. The van der Waals surface area contributed by atoms with E-state index in [1.807, 2.05) is 5.38 Å². The lowest BCUT2D eigenvalue weighted by atomic mass is 10.2. The molecule has 5 heteroatoms. The van der Waals surface area contributed by atoms with Gasteiger partial charge in [0.2, 0.25) is 5.91 Å². The first-order valence-electron chi connectivity index (χ1n) is 3.13. The van der Waals surface area contributed by atoms with Crippen LogP contribution in [-0.4, -0.2) is 16.1 Å². The molecule has 11 heavy (non-hydrogen) atoms. The Kier molecular flexibility index (Phi) is 3.00. The molecule has 1 rings (SSSR count). The fourth-order valence-corrected chi connectivity index (χ4v) is 1.25. The number of hydrogen-bond acceptors (Lipinski definition) is 4. The van der Waals surface area contributed by atoms with Gasteiger partial charge in [0.05, 0.1) is 11.2 Å². The molecule has 0 atom stereocenters. The second kappa shape index (κ2) is 4.05. The molecule has 0 spiro atoms. The first kappa shape index (κ1) is 8.16. The molecule has 0 bridgehead atoms. The molecule has 0 aliphatic carbocycles. The van der Waals surface area contributed by atoms with Crippen LogP contribution in [0.25, 0.3) is 0 Å². The Morgan fingerprint density at radius 1 is 1.82 bits per heavy atom. The molecule has 0 aliphatic rings. The Hall–Kier alpha value is -0.940. The molecule has 1 aromatic heterocycles. The van der Waals surface area contributed by atoms with Gasteiger partial charge in [0, 0.05) is 11.8 Å². The van der Waals surface area contributed by atoms with Gasteiger partial charge in [0.15, 0.2) is 0 Å². The van der Waals surface area contributed by atoms with Crippen LogP contribution in [0.4, 0.5) is 0 Å². The van der Waals surface area contributed by atoms with Crippen molar-refractivity contribution in [3.63, 3.8) is 0 Å². The molecule has 4 nitrogen and oxygen atoms in total. The normalized spacial score (nSPS) is 9.55. The van der Waals surface area contributed by atoms with Crippen LogP contribution in [0.1, 0.15) is 12.1 Å². The van der Waals surface area contributed by atoms with E-state index in [4.69, 9.17) is 5.21 Å². The summed E-state index contributed by atoms with van der Waals surface area (Å²) in [5.74, 6) is -0.377. The Balaban J connectivity index is 2.29. The molecule has 60 valence electrons. The van der Waals surface area contributed by atoms with Crippen molar-refractivity contribution in [3.8, 4) is 0 Å². The van der Waals surface area contributed by atoms with Crippen molar-refractivity contribution in [2.75, 3.05) is 0 Å². The quantitative estimate of drug-likeness (QED) is 0.518. The highest BCUT2D eigenvalue weighted by Crippen LogP contribution is 2.03. The molecule has 0 radical (unpaired) electrons. The van der Waals surface area contributed by atoms with Crippen LogP contribution in [0.3, 0.4) is 0 Å². The van der Waals surface area contributed by atoms with Crippen LogP contribution in [0.5, 0.6) is 0 Å². The maximum Gasteiger partial charge on any atom is 0.243 e. The number of hydroxylamine groups is 1. The summed E-state index contributed by atoms with van der Waals surface area (Å²) in [7, 11) is 0. The van der Waals surface area contributed by atoms with E-state index in [1.54, 1.807) is 11.0 Å². The highest BCUT2D eigenvalue weighted by molar-refractivity contribution is 7.07. The minimum Gasteiger partial charge on any atom is -0.289 e. The van der Waals surface area contributed by atoms with Crippen LogP contribution in [0.2, 0.25) is 0 Å². The van der Waals surface area contributed by atoms with E-state index >= 15 is 0 Å². The predicted octanol–water partition coefficient (Wildman–Crippen LogP) is 0.581. The number of thiazole rings is 1. The third kappa shape index (κ3) is 2.65. The summed E-state index contributed by atoms with van der Waals surface area (Å²) in [6.07, 6.45) is 0.857. The summed E-state index contributed by atoms with van der Waals surface area (Å²) in [6, 6.07) is 0. The second-order valence-corrected chi connectivity index (χ2v) is 2.73. The van der Waals surface area contributed by atoms with Gasteiger partial charge in [-0.2, -0.15) is 0 Å². The minimum atomic E-state index is -0.377. The van der Waals surface area contributed by atoms with Crippen molar-refractivity contribution in [3.05, 3.63) is 16.6 Å². The zero-order chi connectivity index (χ0) is 8.10. The van der Waals surface area contributed by atoms with Crippen LogP contribution in [0.15, 0.2) is 10.9 Å². The molecular weight excluding hydrogens is 164 g/mol. The van der Waals surface area contributed by atoms with Crippen LogP contribution in [0, 0.1) is 0 Å². The molecule has 1 heterocycles. The number of nitrogens with zero attached hydrogens (tertiary/aromatic N) is 1. The predicted molar refractivity (Wildman–Crippen MR) is 40.4 cm³/mol. The van der Waals surface area contributed by atoms with Crippen molar-refractivity contribution >= 4 is 17.2 Å². The number of nitrogens with one attached hydrogen (secondary N) is 1. The number of hydrogen-bond donors (Lipinski definition) is 2. The first-order chi connectivity index (χ1) is 5.33. The average molecular weight is 172 g/mol. The fraction of sp³-hybridized carbons (Fsp3) is 0.333. The molecule has 0 aliphatic heterocycles. The lowest BCUT2D eigenvalue weighted by Crippen LogP contribution is -2.18. The van der Waals surface area contributed by atoms with E-state index in [2.05, 4.69) is 4.98 Å². The van der Waals surface area contributed by atoms with Crippen LogP contribution >= 0.6 is 11.3 Å². The molecular formula is C6H8N2O2S. The van der Waals surface area contributed by atoms with E-state index in [1.165, 1.54) is 11.3 Å². The fourth-order valence-electron chi connectivity index (χ4n) is 0.659. The standard InChI is InChI=1S/C6H8N2O2S/c9-6(8-10)2-1-5-3-11-4-7-5/h3-4,10H,1-2H2,(H,8,9). The Labute approximate surface area is 67.8 Å². The molecule has 0 saturated carbocycles. The Morgan fingerprint density at radius 2 is 2.64 bits per heavy atom. The van der Waals surface area contributed by atoms with E-state index in [0.29, 0.717) is 6.42 Å². The van der Waals surface area contributed by atoms with E-state index in [0.717, 1.165) is 5.69 Å². The molecule has 0 saturated heterocycles. The third-order valence-electron chi connectivity index (χ3n) is 1.22. The van der Waals surface area contributed by atoms with Gasteiger partial charge >= 0.3 is 0 Å². The Morgan fingerprint density at radius 3 is 3.18 bits per heavy atom. The minimum absolute atomic E-state index is 0.278. The summed E-state index contributed by atoms with van der Waals surface area (Å²) in [5, 5.41) is 10.0. The van der Waals surface area contributed by atoms with Gasteiger partial charge in [-0.1, -0.05) is 0 Å². The third-order valence-corrected chi connectivity index (χ3v) is 1.85. The monoisotopic (exact) mass is 172 g/mol. The van der Waals surface area contributed by atoms with Crippen molar-refractivity contribution in [1.29, 1.82) is 0 Å². The number of amides is 1. The van der Waals surface area contributed by atoms with Crippen LogP contribution in [-0.2, 0) is 11.2 Å². The first-order valence-corrected chi connectivity index (χ1v) is 4.07. The van der Waals surface area contributed by atoms with Crippen molar-refractivity contribution in [1.82, 2.24) is 10.5 Å². The summed E-state index contributed by atoms with van der Waals surface area (Å²) in [5.41, 5.74) is 4.17. The summed E-state index contributed by atoms with van der Waals surface area (Å²) < 4.78 is 0. The average Bonchev–Trinajstić information content (AvgIpc) is 2.52. The smallest absolute Gasteiger partial charge is 0.243 e. The number of aromatic nitrogens is 1. The number of aryl methyl sites for hydroxylation is 1. The molecule has 0 unspecified atom stereocenters. The van der Waals surface area contributed by atoms with Crippen molar-refractivity contribution in [2.24, 2.45) is 0 Å². The lowest BCUT2D eigenvalue weighted by Gasteiger charge is -1.94. The topological polar surface area (TPSA) is 62.2 Å².